The van der Waals surface area contributed by atoms with Crippen molar-refractivity contribution in [1.82, 2.24) is 15.5 Å². The van der Waals surface area contributed by atoms with E-state index in [-0.39, 0.29) is 0 Å². The first kappa shape index (κ1) is 16.1. The molecule has 0 atom stereocenters. The molecule has 0 fully saturated rings. The molecule has 0 unspecified atom stereocenters. The first-order valence-electron chi connectivity index (χ1n) is 7.30. The summed E-state index contributed by atoms with van der Waals surface area (Å²) in [7, 11) is 1.72. The summed E-state index contributed by atoms with van der Waals surface area (Å²) in [6.45, 7) is 6.91. The van der Waals surface area contributed by atoms with Gasteiger partial charge in [-0.05, 0) is 44.0 Å². The van der Waals surface area contributed by atoms with Crippen LogP contribution < -0.4 is 5.32 Å². The van der Waals surface area contributed by atoms with E-state index in [2.05, 4.69) is 47.6 Å². The van der Waals surface area contributed by atoms with E-state index in [0.717, 1.165) is 42.6 Å². The number of methoxy groups -OCH3 is 1. The van der Waals surface area contributed by atoms with Crippen molar-refractivity contribution in [3.8, 4) is 10.6 Å². The summed E-state index contributed by atoms with van der Waals surface area (Å²) in [5.41, 5.74) is 3.78. The molecule has 0 amide bonds. The molecule has 1 heterocycles. The Morgan fingerprint density at radius 3 is 2.76 bits per heavy atom. The van der Waals surface area contributed by atoms with E-state index in [1.807, 2.05) is 0 Å². The molecule has 2 rings (SSSR count). The van der Waals surface area contributed by atoms with Crippen molar-refractivity contribution in [2.75, 3.05) is 26.8 Å². The fourth-order valence-corrected chi connectivity index (χ4v) is 2.89. The van der Waals surface area contributed by atoms with E-state index in [1.54, 1.807) is 18.4 Å². The Morgan fingerprint density at radius 1 is 1.14 bits per heavy atom. The lowest BCUT2D eigenvalue weighted by Crippen LogP contribution is -2.20. The molecule has 0 aliphatic heterocycles. The van der Waals surface area contributed by atoms with Crippen LogP contribution in [0.25, 0.3) is 10.6 Å². The average molecular weight is 305 g/mol. The molecule has 5 heteroatoms. The highest BCUT2D eigenvalue weighted by Crippen LogP contribution is 2.25. The number of rotatable bonds is 8. The topological polar surface area (TPSA) is 47.0 Å². The Balaban J connectivity index is 1.85. The molecule has 0 aliphatic carbocycles. The highest BCUT2D eigenvalue weighted by Gasteiger charge is 2.07. The fraction of sp³-hybridized carbons (Fsp3) is 0.500. The molecule has 2 aromatic rings. The molecular weight excluding hydrogens is 282 g/mol. The van der Waals surface area contributed by atoms with Crippen LogP contribution in [0.15, 0.2) is 18.2 Å². The molecule has 0 radical (unpaired) electrons. The molecule has 1 aromatic heterocycles. The summed E-state index contributed by atoms with van der Waals surface area (Å²) < 4.78 is 4.99. The standard InChI is InChI=1S/C16H23N3OS/c1-12-6-7-14(11-13(12)2)16-19-18-15(21-16)5-4-8-17-9-10-20-3/h6-7,11,17H,4-5,8-10H2,1-3H3. The zero-order chi connectivity index (χ0) is 15.1. The molecule has 4 nitrogen and oxygen atoms in total. The lowest BCUT2D eigenvalue weighted by atomic mass is 10.1. The van der Waals surface area contributed by atoms with Crippen molar-refractivity contribution in [2.45, 2.75) is 26.7 Å². The van der Waals surface area contributed by atoms with E-state index in [4.69, 9.17) is 4.74 Å². The van der Waals surface area contributed by atoms with Gasteiger partial charge in [-0.1, -0.05) is 23.5 Å². The number of nitrogens with one attached hydrogen (secondary N) is 1. The van der Waals surface area contributed by atoms with Gasteiger partial charge in [-0.25, -0.2) is 0 Å². The van der Waals surface area contributed by atoms with E-state index in [1.165, 1.54) is 16.7 Å². The first-order valence-corrected chi connectivity index (χ1v) is 8.12. The minimum atomic E-state index is 0.760. The number of hydrogen-bond donors (Lipinski definition) is 1. The average Bonchev–Trinajstić information content (AvgIpc) is 2.94. The second-order valence-corrected chi connectivity index (χ2v) is 6.21. The SMILES string of the molecule is COCCNCCCc1nnc(-c2ccc(C)c(C)c2)s1. The number of nitrogens with zero attached hydrogens (tertiary/aromatic N) is 2. The Morgan fingerprint density at radius 2 is 2.00 bits per heavy atom. The lowest BCUT2D eigenvalue weighted by Gasteiger charge is -2.02. The normalized spacial score (nSPS) is 11.0. The van der Waals surface area contributed by atoms with E-state index < -0.39 is 0 Å². The van der Waals surface area contributed by atoms with Gasteiger partial charge in [0.1, 0.15) is 10.0 Å². The van der Waals surface area contributed by atoms with Crippen molar-refractivity contribution in [3.05, 3.63) is 34.3 Å². The summed E-state index contributed by atoms with van der Waals surface area (Å²) in [6.07, 6.45) is 2.05. The van der Waals surface area contributed by atoms with Crippen LogP contribution in [0.2, 0.25) is 0 Å². The molecule has 0 aliphatic rings. The molecule has 114 valence electrons. The third kappa shape index (κ3) is 4.88. The number of ether oxygens (including phenoxy) is 1. The van der Waals surface area contributed by atoms with Gasteiger partial charge < -0.3 is 10.1 Å². The molecule has 0 saturated carbocycles. The predicted molar refractivity (Wildman–Crippen MR) is 87.9 cm³/mol. The zero-order valence-corrected chi connectivity index (χ0v) is 13.8. The molecule has 0 saturated heterocycles. The largest absolute Gasteiger partial charge is 0.383 e. The van der Waals surface area contributed by atoms with Crippen LogP contribution >= 0.6 is 11.3 Å². The van der Waals surface area contributed by atoms with Gasteiger partial charge in [0.15, 0.2) is 0 Å². The van der Waals surface area contributed by atoms with Crippen LogP contribution in [0.3, 0.4) is 0 Å². The van der Waals surface area contributed by atoms with E-state index in [9.17, 15) is 0 Å². The fourth-order valence-electron chi connectivity index (χ4n) is 2.01. The minimum Gasteiger partial charge on any atom is -0.383 e. The number of aromatic nitrogens is 2. The Bertz CT molecular complexity index is 568. The summed E-state index contributed by atoms with van der Waals surface area (Å²) in [6, 6.07) is 6.45. The van der Waals surface area contributed by atoms with Gasteiger partial charge >= 0.3 is 0 Å². The van der Waals surface area contributed by atoms with Crippen molar-refractivity contribution in [3.63, 3.8) is 0 Å². The maximum atomic E-state index is 4.99. The Labute approximate surface area is 130 Å². The first-order chi connectivity index (χ1) is 10.2. The molecule has 1 aromatic carbocycles. The van der Waals surface area contributed by atoms with Crippen molar-refractivity contribution in [1.29, 1.82) is 0 Å². The summed E-state index contributed by atoms with van der Waals surface area (Å²) in [4.78, 5) is 0. The van der Waals surface area contributed by atoms with E-state index in [0.29, 0.717) is 0 Å². The Kier molecular flexibility index (Phi) is 6.29. The van der Waals surface area contributed by atoms with Crippen LogP contribution in [0.5, 0.6) is 0 Å². The molecule has 1 N–H and O–H groups in total. The Hall–Kier alpha value is -1.30. The second kappa shape index (κ2) is 8.22. The molecule has 0 bridgehead atoms. The number of aryl methyl sites for hydroxylation is 3. The molecule has 0 spiro atoms. The second-order valence-electron chi connectivity index (χ2n) is 5.15. The molecular formula is C16H23N3OS. The molecule has 21 heavy (non-hydrogen) atoms. The van der Waals surface area contributed by atoms with Crippen molar-refractivity contribution >= 4 is 11.3 Å². The van der Waals surface area contributed by atoms with Crippen molar-refractivity contribution < 1.29 is 4.74 Å². The number of hydrogen-bond acceptors (Lipinski definition) is 5. The smallest absolute Gasteiger partial charge is 0.147 e. The summed E-state index contributed by atoms with van der Waals surface area (Å²) in [5.74, 6) is 0. The quantitative estimate of drug-likeness (QED) is 0.762. The highest BCUT2D eigenvalue weighted by atomic mass is 32.1. The van der Waals surface area contributed by atoms with Gasteiger partial charge in [0.25, 0.3) is 0 Å². The van der Waals surface area contributed by atoms with Crippen LogP contribution in [0.4, 0.5) is 0 Å². The van der Waals surface area contributed by atoms with Crippen LogP contribution in [0.1, 0.15) is 22.6 Å². The third-order valence-electron chi connectivity index (χ3n) is 3.45. The zero-order valence-electron chi connectivity index (χ0n) is 13.0. The third-order valence-corrected chi connectivity index (χ3v) is 4.48. The summed E-state index contributed by atoms with van der Waals surface area (Å²) in [5, 5.41) is 14.1. The van der Waals surface area contributed by atoms with E-state index >= 15 is 0 Å². The minimum absolute atomic E-state index is 0.760. The summed E-state index contributed by atoms with van der Waals surface area (Å²) >= 11 is 1.69. The number of benzene rings is 1. The van der Waals surface area contributed by atoms with Gasteiger partial charge in [0.2, 0.25) is 0 Å². The van der Waals surface area contributed by atoms with Crippen LogP contribution in [0, 0.1) is 13.8 Å². The maximum Gasteiger partial charge on any atom is 0.147 e. The van der Waals surface area contributed by atoms with Gasteiger partial charge in [-0.3, -0.25) is 0 Å². The highest BCUT2D eigenvalue weighted by molar-refractivity contribution is 7.14. The van der Waals surface area contributed by atoms with Gasteiger partial charge in [0.05, 0.1) is 6.61 Å². The lowest BCUT2D eigenvalue weighted by molar-refractivity contribution is 0.199. The van der Waals surface area contributed by atoms with Gasteiger partial charge in [-0.15, -0.1) is 10.2 Å². The van der Waals surface area contributed by atoms with Crippen LogP contribution in [-0.2, 0) is 11.2 Å². The monoisotopic (exact) mass is 305 g/mol. The van der Waals surface area contributed by atoms with Gasteiger partial charge in [-0.2, -0.15) is 0 Å². The van der Waals surface area contributed by atoms with Crippen LogP contribution in [-0.4, -0.2) is 37.0 Å². The van der Waals surface area contributed by atoms with Crippen molar-refractivity contribution in [2.24, 2.45) is 0 Å². The maximum absolute atomic E-state index is 4.99. The van der Waals surface area contributed by atoms with Gasteiger partial charge in [0, 0.05) is 25.6 Å². The predicted octanol–water partition coefficient (Wildman–Crippen LogP) is 2.99.